The van der Waals surface area contributed by atoms with Crippen LogP contribution < -0.4 is 11.5 Å². The standard InChI is InChI=1S/C35H42N2/c1-24-18-30(22-28-10-14-32(36)15-11-28)19-25(2)34(24)8-6-5-7-9-35-26(3)20-31(21-27(35)4)23-29-12-16-33(37)17-13-29/h10-21H,5-9,22-23,36-37H2,1-4H3. The van der Waals surface area contributed by atoms with Crippen LogP contribution in [-0.2, 0) is 25.7 Å². The minimum absolute atomic E-state index is 0.822. The molecule has 0 saturated carbocycles. The Morgan fingerprint density at radius 3 is 1.08 bits per heavy atom. The molecule has 37 heavy (non-hydrogen) atoms. The van der Waals surface area contributed by atoms with Crippen LogP contribution >= 0.6 is 0 Å². The van der Waals surface area contributed by atoms with Crippen molar-refractivity contribution in [3.05, 3.63) is 128 Å². The quantitative estimate of drug-likeness (QED) is 0.174. The third-order valence-corrected chi connectivity index (χ3v) is 7.64. The Morgan fingerprint density at radius 2 is 0.757 bits per heavy atom. The summed E-state index contributed by atoms with van der Waals surface area (Å²) in [5.41, 5.74) is 27.5. The molecule has 4 aromatic rings. The molecule has 0 spiro atoms. The highest BCUT2D eigenvalue weighted by Gasteiger charge is 2.09. The number of hydrogen-bond acceptors (Lipinski definition) is 2. The number of hydrogen-bond donors (Lipinski definition) is 2. The summed E-state index contributed by atoms with van der Waals surface area (Å²) < 4.78 is 0. The van der Waals surface area contributed by atoms with Crippen molar-refractivity contribution in [3.8, 4) is 0 Å². The number of nitrogens with two attached hydrogens (primary N) is 2. The van der Waals surface area contributed by atoms with E-state index in [1.807, 2.05) is 24.3 Å². The molecule has 2 heteroatoms. The zero-order valence-corrected chi connectivity index (χ0v) is 23.0. The van der Waals surface area contributed by atoms with Crippen molar-refractivity contribution >= 4 is 11.4 Å². The smallest absolute Gasteiger partial charge is 0.0314 e. The van der Waals surface area contributed by atoms with E-state index in [1.54, 1.807) is 0 Å². The molecule has 0 saturated heterocycles. The average Bonchev–Trinajstić information content (AvgIpc) is 2.84. The highest BCUT2D eigenvalue weighted by molar-refractivity contribution is 5.44. The molecule has 0 radical (unpaired) electrons. The Balaban J connectivity index is 1.28. The average molecular weight is 491 g/mol. The molecular formula is C35H42N2. The molecule has 0 unspecified atom stereocenters. The summed E-state index contributed by atoms with van der Waals surface area (Å²) in [5.74, 6) is 0. The monoisotopic (exact) mass is 490 g/mol. The highest BCUT2D eigenvalue weighted by atomic mass is 14.5. The first-order valence-electron chi connectivity index (χ1n) is 13.7. The molecule has 0 aromatic heterocycles. The summed E-state index contributed by atoms with van der Waals surface area (Å²) >= 11 is 0. The van der Waals surface area contributed by atoms with E-state index >= 15 is 0 Å². The predicted molar refractivity (Wildman–Crippen MR) is 160 cm³/mol. The largest absolute Gasteiger partial charge is 0.399 e. The fourth-order valence-corrected chi connectivity index (χ4v) is 5.68. The SMILES string of the molecule is Cc1cc(Cc2ccc(N)cc2)cc(C)c1CCCCCc1c(C)cc(Cc2ccc(N)cc2)cc1C. The third kappa shape index (κ3) is 7.26. The molecule has 4 aromatic carbocycles. The van der Waals surface area contributed by atoms with Gasteiger partial charge in [-0.25, -0.2) is 0 Å². The molecule has 192 valence electrons. The van der Waals surface area contributed by atoms with Crippen molar-refractivity contribution in [3.63, 3.8) is 0 Å². The molecule has 0 bridgehead atoms. The number of unbranched alkanes of at least 4 members (excludes halogenated alkanes) is 2. The van der Waals surface area contributed by atoms with Crippen molar-refractivity contribution in [1.29, 1.82) is 0 Å². The van der Waals surface area contributed by atoms with Crippen molar-refractivity contribution in [1.82, 2.24) is 0 Å². The van der Waals surface area contributed by atoms with Crippen LogP contribution in [0.25, 0.3) is 0 Å². The molecule has 0 amide bonds. The van der Waals surface area contributed by atoms with Crippen LogP contribution in [0.2, 0.25) is 0 Å². The molecule has 0 atom stereocenters. The zero-order chi connectivity index (χ0) is 26.4. The first-order valence-corrected chi connectivity index (χ1v) is 13.7. The van der Waals surface area contributed by atoms with Crippen molar-refractivity contribution < 1.29 is 0 Å². The fraction of sp³-hybridized carbons (Fsp3) is 0.314. The van der Waals surface area contributed by atoms with Crippen molar-refractivity contribution in [2.24, 2.45) is 0 Å². The first kappa shape index (κ1) is 26.5. The summed E-state index contributed by atoms with van der Waals surface area (Å²) in [5, 5.41) is 0. The van der Waals surface area contributed by atoms with Gasteiger partial charge >= 0.3 is 0 Å². The van der Waals surface area contributed by atoms with Gasteiger partial charge in [-0.3, -0.25) is 0 Å². The van der Waals surface area contributed by atoms with Crippen LogP contribution in [0.4, 0.5) is 11.4 Å². The van der Waals surface area contributed by atoms with E-state index in [4.69, 9.17) is 11.5 Å². The van der Waals surface area contributed by atoms with Crippen LogP contribution in [0.3, 0.4) is 0 Å². The van der Waals surface area contributed by atoms with Crippen LogP contribution in [0.5, 0.6) is 0 Å². The Labute approximate surface area is 223 Å². The number of aryl methyl sites for hydroxylation is 4. The predicted octanol–water partition coefficient (Wildman–Crippen LogP) is 8.22. The Kier molecular flexibility index (Phi) is 8.71. The molecule has 0 aliphatic rings. The van der Waals surface area contributed by atoms with Gasteiger partial charge in [-0.2, -0.15) is 0 Å². The lowest BCUT2D eigenvalue weighted by molar-refractivity contribution is 0.672. The molecule has 4 N–H and O–H groups in total. The molecule has 0 aliphatic heterocycles. The number of nitrogen functional groups attached to an aromatic ring is 2. The van der Waals surface area contributed by atoms with E-state index in [2.05, 4.69) is 76.2 Å². The summed E-state index contributed by atoms with van der Waals surface area (Å²) in [4.78, 5) is 0. The second-order valence-corrected chi connectivity index (χ2v) is 10.8. The van der Waals surface area contributed by atoms with Gasteiger partial charge in [0.2, 0.25) is 0 Å². The second-order valence-electron chi connectivity index (χ2n) is 10.8. The summed E-state index contributed by atoms with van der Waals surface area (Å²) in [6.45, 7) is 9.09. The van der Waals surface area contributed by atoms with Gasteiger partial charge in [0.1, 0.15) is 0 Å². The summed E-state index contributed by atoms with van der Waals surface area (Å²) in [7, 11) is 0. The Morgan fingerprint density at radius 1 is 0.432 bits per heavy atom. The zero-order valence-electron chi connectivity index (χ0n) is 23.0. The number of benzene rings is 4. The number of rotatable bonds is 10. The van der Waals surface area contributed by atoms with Gasteiger partial charge in [-0.05, 0) is 146 Å². The first-order chi connectivity index (χ1) is 17.8. The Hall–Kier alpha value is -3.52. The molecular weight excluding hydrogens is 448 g/mol. The van der Waals surface area contributed by atoms with Gasteiger partial charge in [0.05, 0.1) is 0 Å². The maximum Gasteiger partial charge on any atom is 0.0314 e. The summed E-state index contributed by atoms with van der Waals surface area (Å²) in [6.07, 6.45) is 7.99. The fourth-order valence-electron chi connectivity index (χ4n) is 5.68. The summed E-state index contributed by atoms with van der Waals surface area (Å²) in [6, 6.07) is 26.0. The van der Waals surface area contributed by atoms with Crippen LogP contribution in [0.15, 0.2) is 72.8 Å². The Bertz CT molecular complexity index is 1180. The minimum Gasteiger partial charge on any atom is -0.399 e. The number of anilines is 2. The van der Waals surface area contributed by atoms with Crippen LogP contribution in [0.1, 0.15) is 74.9 Å². The van der Waals surface area contributed by atoms with Crippen molar-refractivity contribution in [2.75, 3.05) is 11.5 Å². The normalized spacial score (nSPS) is 11.1. The van der Waals surface area contributed by atoms with Crippen LogP contribution in [0, 0.1) is 27.7 Å². The highest BCUT2D eigenvalue weighted by Crippen LogP contribution is 2.24. The van der Waals surface area contributed by atoms with E-state index in [0.29, 0.717) is 0 Å². The van der Waals surface area contributed by atoms with E-state index in [-0.39, 0.29) is 0 Å². The van der Waals surface area contributed by atoms with Gasteiger partial charge in [0.15, 0.2) is 0 Å². The minimum atomic E-state index is 0.822. The van der Waals surface area contributed by atoms with E-state index < -0.39 is 0 Å². The molecule has 0 heterocycles. The van der Waals surface area contributed by atoms with Gasteiger partial charge in [-0.1, -0.05) is 55.0 Å². The molecule has 0 aliphatic carbocycles. The maximum atomic E-state index is 5.84. The lowest BCUT2D eigenvalue weighted by atomic mass is 9.91. The lowest BCUT2D eigenvalue weighted by Crippen LogP contribution is -2.00. The van der Waals surface area contributed by atoms with Gasteiger partial charge in [0.25, 0.3) is 0 Å². The molecule has 0 fully saturated rings. The molecule has 4 rings (SSSR count). The third-order valence-electron chi connectivity index (χ3n) is 7.64. The topological polar surface area (TPSA) is 52.0 Å². The van der Waals surface area contributed by atoms with E-state index in [9.17, 15) is 0 Å². The van der Waals surface area contributed by atoms with Crippen LogP contribution in [-0.4, -0.2) is 0 Å². The van der Waals surface area contributed by atoms with Gasteiger partial charge in [0, 0.05) is 11.4 Å². The lowest BCUT2D eigenvalue weighted by Gasteiger charge is -2.15. The van der Waals surface area contributed by atoms with E-state index in [1.165, 1.54) is 74.9 Å². The molecule has 2 nitrogen and oxygen atoms in total. The van der Waals surface area contributed by atoms with Gasteiger partial charge < -0.3 is 11.5 Å². The van der Waals surface area contributed by atoms with Gasteiger partial charge in [-0.15, -0.1) is 0 Å². The van der Waals surface area contributed by atoms with E-state index in [0.717, 1.165) is 37.1 Å². The maximum absolute atomic E-state index is 5.84. The second kappa shape index (κ2) is 12.1. The van der Waals surface area contributed by atoms with Crippen molar-refractivity contribution in [2.45, 2.75) is 72.6 Å².